The second-order valence-electron chi connectivity index (χ2n) is 6.05. The van der Waals surface area contributed by atoms with E-state index >= 15 is 0 Å². The topological polar surface area (TPSA) is 62.3 Å². The summed E-state index contributed by atoms with van der Waals surface area (Å²) in [6.45, 7) is 8.46. The maximum atomic E-state index is 12.0. The molecule has 1 heterocycles. The lowest BCUT2D eigenvalue weighted by atomic mass is 10.1. The van der Waals surface area contributed by atoms with Crippen LogP contribution in [-0.2, 0) is 16.1 Å². The number of carbonyl (C=O) groups excluding carboxylic acids is 2. The van der Waals surface area contributed by atoms with Gasteiger partial charge in [-0.25, -0.2) is 4.98 Å². The fourth-order valence-corrected chi connectivity index (χ4v) is 2.56. The SMILES string of the molecule is CC(C)CC(=O)NCc1csc(N(C)C(=O)CC(C)C)n1. The Labute approximate surface area is 130 Å². The Hall–Kier alpha value is -1.43. The number of carbonyl (C=O) groups is 2. The zero-order valence-corrected chi connectivity index (χ0v) is 14.3. The van der Waals surface area contributed by atoms with Gasteiger partial charge in [0.15, 0.2) is 5.13 Å². The Morgan fingerprint density at radius 1 is 1.24 bits per heavy atom. The third-order valence-electron chi connectivity index (χ3n) is 2.84. The van der Waals surface area contributed by atoms with Crippen LogP contribution in [0.1, 0.15) is 46.2 Å². The molecule has 1 aromatic heterocycles. The van der Waals surface area contributed by atoms with E-state index in [0.29, 0.717) is 36.4 Å². The highest BCUT2D eigenvalue weighted by atomic mass is 32.1. The van der Waals surface area contributed by atoms with Gasteiger partial charge in [-0.2, -0.15) is 0 Å². The first-order valence-corrected chi connectivity index (χ1v) is 8.15. The number of rotatable bonds is 7. The van der Waals surface area contributed by atoms with Crippen LogP contribution in [0.15, 0.2) is 5.38 Å². The monoisotopic (exact) mass is 311 g/mol. The van der Waals surface area contributed by atoms with E-state index in [1.165, 1.54) is 11.3 Å². The summed E-state index contributed by atoms with van der Waals surface area (Å²) >= 11 is 1.42. The van der Waals surface area contributed by atoms with Crippen molar-refractivity contribution < 1.29 is 9.59 Å². The molecule has 0 bridgehead atoms. The van der Waals surface area contributed by atoms with Crippen molar-refractivity contribution in [2.75, 3.05) is 11.9 Å². The smallest absolute Gasteiger partial charge is 0.228 e. The van der Waals surface area contributed by atoms with Gasteiger partial charge in [0.25, 0.3) is 0 Å². The van der Waals surface area contributed by atoms with Crippen LogP contribution in [-0.4, -0.2) is 23.8 Å². The van der Waals surface area contributed by atoms with Crippen molar-refractivity contribution in [2.24, 2.45) is 11.8 Å². The van der Waals surface area contributed by atoms with Crippen molar-refractivity contribution in [3.63, 3.8) is 0 Å². The average Bonchev–Trinajstić information content (AvgIpc) is 2.82. The van der Waals surface area contributed by atoms with E-state index in [-0.39, 0.29) is 11.8 Å². The number of hydrogen-bond acceptors (Lipinski definition) is 4. The molecule has 1 rings (SSSR count). The summed E-state index contributed by atoms with van der Waals surface area (Å²) in [5.41, 5.74) is 0.788. The summed E-state index contributed by atoms with van der Waals surface area (Å²) < 4.78 is 0. The molecule has 0 aliphatic carbocycles. The maximum absolute atomic E-state index is 12.0. The standard InChI is InChI=1S/C15H25N3O2S/c1-10(2)6-13(19)16-8-12-9-21-15(17-12)18(5)14(20)7-11(3)4/h9-11H,6-8H2,1-5H3,(H,16,19). The maximum Gasteiger partial charge on any atom is 0.228 e. The number of hydrogen-bond donors (Lipinski definition) is 1. The van der Waals surface area contributed by atoms with E-state index in [1.54, 1.807) is 11.9 Å². The molecule has 0 aliphatic heterocycles. The molecule has 118 valence electrons. The summed E-state index contributed by atoms with van der Waals surface area (Å²) in [6.07, 6.45) is 1.03. The number of aromatic nitrogens is 1. The Morgan fingerprint density at radius 2 is 1.86 bits per heavy atom. The van der Waals surface area contributed by atoms with Gasteiger partial charge in [0, 0.05) is 25.3 Å². The van der Waals surface area contributed by atoms with Crippen molar-refractivity contribution in [3.05, 3.63) is 11.1 Å². The van der Waals surface area contributed by atoms with Crippen LogP contribution in [0.5, 0.6) is 0 Å². The van der Waals surface area contributed by atoms with Gasteiger partial charge < -0.3 is 5.32 Å². The molecule has 2 amide bonds. The van der Waals surface area contributed by atoms with Gasteiger partial charge in [0.2, 0.25) is 11.8 Å². The van der Waals surface area contributed by atoms with Crippen molar-refractivity contribution in [1.29, 1.82) is 0 Å². The molecule has 0 unspecified atom stereocenters. The van der Waals surface area contributed by atoms with Gasteiger partial charge in [0.1, 0.15) is 0 Å². The van der Waals surface area contributed by atoms with Gasteiger partial charge in [-0.1, -0.05) is 27.7 Å². The second kappa shape index (κ2) is 8.12. The largest absolute Gasteiger partial charge is 0.350 e. The van der Waals surface area contributed by atoms with Gasteiger partial charge in [0.05, 0.1) is 12.2 Å². The van der Waals surface area contributed by atoms with Gasteiger partial charge in [-0.3, -0.25) is 14.5 Å². The molecule has 0 saturated carbocycles. The number of anilines is 1. The molecule has 0 fully saturated rings. The van der Waals surface area contributed by atoms with Crippen LogP contribution in [0.4, 0.5) is 5.13 Å². The highest BCUT2D eigenvalue weighted by Gasteiger charge is 2.16. The average molecular weight is 311 g/mol. The van der Waals surface area contributed by atoms with Crippen molar-refractivity contribution in [2.45, 2.75) is 47.1 Å². The fourth-order valence-electron chi connectivity index (χ4n) is 1.76. The summed E-state index contributed by atoms with van der Waals surface area (Å²) in [4.78, 5) is 29.6. The van der Waals surface area contributed by atoms with Gasteiger partial charge in [-0.05, 0) is 11.8 Å². The van der Waals surface area contributed by atoms with Crippen LogP contribution < -0.4 is 10.2 Å². The summed E-state index contributed by atoms with van der Waals surface area (Å²) in [7, 11) is 1.74. The highest BCUT2D eigenvalue weighted by molar-refractivity contribution is 7.14. The molecular formula is C15H25N3O2S. The molecular weight excluding hydrogens is 286 g/mol. The highest BCUT2D eigenvalue weighted by Crippen LogP contribution is 2.20. The first-order chi connectivity index (χ1) is 9.79. The van der Waals surface area contributed by atoms with E-state index < -0.39 is 0 Å². The molecule has 1 N–H and O–H groups in total. The van der Waals surface area contributed by atoms with Crippen LogP contribution in [0.3, 0.4) is 0 Å². The Balaban J connectivity index is 2.53. The van der Waals surface area contributed by atoms with E-state index in [9.17, 15) is 9.59 Å². The lowest BCUT2D eigenvalue weighted by Gasteiger charge is -2.14. The van der Waals surface area contributed by atoms with Crippen molar-refractivity contribution in [1.82, 2.24) is 10.3 Å². The lowest BCUT2D eigenvalue weighted by Crippen LogP contribution is -2.27. The molecule has 1 aromatic rings. The number of nitrogens with zero attached hydrogens (tertiary/aromatic N) is 2. The van der Waals surface area contributed by atoms with E-state index in [0.717, 1.165) is 5.69 Å². The molecule has 21 heavy (non-hydrogen) atoms. The third-order valence-corrected chi connectivity index (χ3v) is 3.81. The van der Waals surface area contributed by atoms with Crippen molar-refractivity contribution in [3.8, 4) is 0 Å². The summed E-state index contributed by atoms with van der Waals surface area (Å²) in [5, 5.41) is 5.40. The predicted octanol–water partition coefficient (Wildman–Crippen LogP) is 2.81. The molecule has 0 saturated heterocycles. The first-order valence-electron chi connectivity index (χ1n) is 7.27. The molecule has 0 radical (unpaired) electrons. The minimum absolute atomic E-state index is 0.0313. The fraction of sp³-hybridized carbons (Fsp3) is 0.667. The second-order valence-corrected chi connectivity index (χ2v) is 6.88. The molecule has 0 spiro atoms. The van der Waals surface area contributed by atoms with Crippen LogP contribution in [0.25, 0.3) is 0 Å². The van der Waals surface area contributed by atoms with Crippen LogP contribution in [0, 0.1) is 11.8 Å². The quantitative estimate of drug-likeness (QED) is 0.842. The summed E-state index contributed by atoms with van der Waals surface area (Å²) in [5.74, 6) is 0.768. The minimum atomic E-state index is 0.0313. The zero-order chi connectivity index (χ0) is 16.0. The van der Waals surface area contributed by atoms with E-state index in [2.05, 4.69) is 10.3 Å². The van der Waals surface area contributed by atoms with Gasteiger partial charge in [-0.15, -0.1) is 11.3 Å². The first kappa shape index (κ1) is 17.6. The number of amides is 2. The molecule has 0 aromatic carbocycles. The molecule has 0 atom stereocenters. The van der Waals surface area contributed by atoms with E-state index in [4.69, 9.17) is 0 Å². The summed E-state index contributed by atoms with van der Waals surface area (Å²) in [6, 6.07) is 0. The Kier molecular flexibility index (Phi) is 6.81. The Morgan fingerprint density at radius 3 is 2.43 bits per heavy atom. The third kappa shape index (κ3) is 6.25. The number of nitrogens with one attached hydrogen (secondary N) is 1. The lowest BCUT2D eigenvalue weighted by molar-refractivity contribution is -0.122. The zero-order valence-electron chi connectivity index (χ0n) is 13.5. The predicted molar refractivity (Wildman–Crippen MR) is 86.3 cm³/mol. The molecule has 0 aliphatic rings. The van der Waals surface area contributed by atoms with Gasteiger partial charge >= 0.3 is 0 Å². The van der Waals surface area contributed by atoms with Crippen LogP contribution in [0.2, 0.25) is 0 Å². The Bertz CT molecular complexity index is 483. The normalized spacial score (nSPS) is 11.0. The van der Waals surface area contributed by atoms with E-state index in [1.807, 2.05) is 33.1 Å². The molecule has 5 nitrogen and oxygen atoms in total. The molecule has 6 heteroatoms. The van der Waals surface area contributed by atoms with Crippen LogP contribution >= 0.6 is 11.3 Å². The minimum Gasteiger partial charge on any atom is -0.350 e. The number of thiazole rings is 1. The van der Waals surface area contributed by atoms with Crippen molar-refractivity contribution >= 4 is 28.3 Å².